The van der Waals surface area contributed by atoms with E-state index in [4.69, 9.17) is 5.73 Å². The normalized spacial score (nSPS) is 37.4. The van der Waals surface area contributed by atoms with Gasteiger partial charge in [0.25, 0.3) is 11.8 Å². The van der Waals surface area contributed by atoms with Crippen LogP contribution in [-0.2, 0) is 14.4 Å². The molecule has 2 bridgehead atoms. The Hall–Kier alpha value is -0.690. The third-order valence-electron chi connectivity index (χ3n) is 2.01. The number of piperidine rings is 1. The van der Waals surface area contributed by atoms with Crippen molar-refractivity contribution in [2.75, 3.05) is 0 Å². The summed E-state index contributed by atoms with van der Waals surface area (Å²) in [6.07, 6.45) is 0.193. The Labute approximate surface area is 81.6 Å². The minimum absolute atomic E-state index is 0.193. The Kier molecular flexibility index (Phi) is 1.81. The number of hydrogen-bond donors (Lipinski definition) is 1. The van der Waals surface area contributed by atoms with Crippen molar-refractivity contribution in [3.8, 4) is 0 Å². The lowest BCUT2D eigenvalue weighted by atomic mass is 9.96. The molecule has 5 nitrogen and oxygen atoms in total. The molecule has 2 saturated heterocycles. The van der Waals surface area contributed by atoms with Crippen LogP contribution in [0.5, 0.6) is 0 Å². The zero-order valence-electron chi connectivity index (χ0n) is 6.35. The van der Waals surface area contributed by atoms with Gasteiger partial charge in [0.15, 0.2) is 4.75 Å². The van der Waals surface area contributed by atoms with Crippen molar-refractivity contribution >= 4 is 39.3 Å². The highest BCUT2D eigenvalue weighted by Crippen LogP contribution is 2.53. The van der Waals surface area contributed by atoms with Gasteiger partial charge in [0.2, 0.25) is 5.91 Å². The zero-order valence-corrected chi connectivity index (χ0v) is 7.98. The molecule has 3 amide bonds. The molecule has 69 valence electrons. The van der Waals surface area contributed by atoms with Crippen molar-refractivity contribution in [2.24, 2.45) is 5.73 Å². The van der Waals surface area contributed by atoms with Gasteiger partial charge in [-0.3, -0.25) is 14.4 Å². The van der Waals surface area contributed by atoms with Crippen LogP contribution >= 0.6 is 21.6 Å². The number of nitrogens with zero attached hydrogens (tertiary/aromatic N) is 1. The number of amides is 3. The van der Waals surface area contributed by atoms with E-state index in [0.29, 0.717) is 0 Å². The summed E-state index contributed by atoms with van der Waals surface area (Å²) in [5, 5.41) is 2.90. The molecule has 2 fully saturated rings. The molecule has 2 unspecified atom stereocenters. The van der Waals surface area contributed by atoms with Crippen LogP contribution in [0.2, 0.25) is 0 Å². The van der Waals surface area contributed by atoms with E-state index in [1.165, 1.54) is 10.8 Å². The van der Waals surface area contributed by atoms with Crippen LogP contribution in [0, 0.1) is 0 Å². The predicted molar refractivity (Wildman–Crippen MR) is 47.7 cm³/mol. The Bertz CT molecular complexity index is 319. The molecule has 2 aliphatic heterocycles. The molecule has 7 heteroatoms. The minimum Gasteiger partial charge on any atom is -0.368 e. The highest BCUT2D eigenvalue weighted by atomic mass is 33.1. The number of carbonyl (C=O) groups is 3. The Morgan fingerprint density at radius 2 is 2.31 bits per heavy atom. The number of carbonyl (C=O) groups excluding carboxylic acids is 3. The summed E-state index contributed by atoms with van der Waals surface area (Å²) >= 11 is 0. The Balaban J connectivity index is 2.38. The third-order valence-corrected chi connectivity index (χ3v) is 5.37. The van der Waals surface area contributed by atoms with Gasteiger partial charge in [-0.1, -0.05) is 21.6 Å². The van der Waals surface area contributed by atoms with Crippen LogP contribution in [0.15, 0.2) is 0 Å². The fourth-order valence-corrected chi connectivity index (χ4v) is 4.46. The molecular formula is C6H5N2O3S2. The maximum Gasteiger partial charge on any atom is 0.275 e. The van der Waals surface area contributed by atoms with E-state index >= 15 is 0 Å². The van der Waals surface area contributed by atoms with Gasteiger partial charge < -0.3 is 5.73 Å². The van der Waals surface area contributed by atoms with Gasteiger partial charge in [0, 0.05) is 6.42 Å². The first-order valence-corrected chi connectivity index (χ1v) is 5.72. The van der Waals surface area contributed by atoms with Crippen LogP contribution in [0.3, 0.4) is 0 Å². The number of nitrogens with two attached hydrogens (primary N) is 1. The van der Waals surface area contributed by atoms with Gasteiger partial charge in [0.05, 0.1) is 5.25 Å². The number of imide groups is 1. The van der Waals surface area contributed by atoms with Gasteiger partial charge in [-0.25, -0.2) is 0 Å². The molecule has 1 radical (unpaired) electrons. The van der Waals surface area contributed by atoms with Crippen LogP contribution in [0.25, 0.3) is 0 Å². The van der Waals surface area contributed by atoms with Gasteiger partial charge in [-0.15, -0.1) is 0 Å². The van der Waals surface area contributed by atoms with Gasteiger partial charge in [-0.2, -0.15) is 5.32 Å². The van der Waals surface area contributed by atoms with E-state index in [2.05, 4.69) is 5.32 Å². The standard InChI is InChI=1S/C6H5N2O3S2/c7-4(10)6-1-2(12-13-6)3(9)8-5(6)11/h2H,1H2,(H2,7,10). The molecular weight excluding hydrogens is 212 g/mol. The second kappa shape index (κ2) is 2.65. The van der Waals surface area contributed by atoms with Gasteiger partial charge in [0.1, 0.15) is 0 Å². The molecule has 2 rings (SSSR count). The molecule has 0 aliphatic carbocycles. The van der Waals surface area contributed by atoms with Crippen LogP contribution in [-0.4, -0.2) is 27.7 Å². The summed E-state index contributed by atoms with van der Waals surface area (Å²) < 4.78 is -1.27. The fraction of sp³-hybridized carbons (Fsp3) is 0.500. The molecule has 0 aromatic heterocycles. The Morgan fingerprint density at radius 3 is 2.92 bits per heavy atom. The van der Waals surface area contributed by atoms with E-state index in [1.54, 1.807) is 0 Å². The lowest BCUT2D eigenvalue weighted by Gasteiger charge is -2.23. The van der Waals surface area contributed by atoms with Crippen molar-refractivity contribution in [1.29, 1.82) is 0 Å². The minimum atomic E-state index is -1.27. The lowest BCUT2D eigenvalue weighted by Crippen LogP contribution is -2.55. The molecule has 0 aromatic rings. The van der Waals surface area contributed by atoms with E-state index in [9.17, 15) is 14.4 Å². The van der Waals surface area contributed by atoms with Crippen LogP contribution in [0.4, 0.5) is 0 Å². The molecule has 0 saturated carbocycles. The van der Waals surface area contributed by atoms with Gasteiger partial charge in [-0.05, 0) is 0 Å². The predicted octanol–water partition coefficient (Wildman–Crippen LogP) is -0.965. The summed E-state index contributed by atoms with van der Waals surface area (Å²) in [6.45, 7) is 0. The molecule has 2 N–H and O–H groups in total. The van der Waals surface area contributed by atoms with E-state index in [1.807, 2.05) is 0 Å². The highest BCUT2D eigenvalue weighted by Gasteiger charge is 2.59. The SMILES string of the molecule is NC(=O)C12CC(SS1)C(=O)[N]C2=O. The highest BCUT2D eigenvalue weighted by molar-refractivity contribution is 8.78. The molecule has 0 spiro atoms. The van der Waals surface area contributed by atoms with E-state index in [-0.39, 0.29) is 11.7 Å². The number of rotatable bonds is 1. The second-order valence-electron chi connectivity index (χ2n) is 2.82. The average molecular weight is 217 g/mol. The number of fused-ring (bicyclic) bond motifs is 2. The topological polar surface area (TPSA) is 91.3 Å². The fourth-order valence-electron chi connectivity index (χ4n) is 1.23. The van der Waals surface area contributed by atoms with Crippen molar-refractivity contribution in [2.45, 2.75) is 16.4 Å². The Morgan fingerprint density at radius 1 is 1.62 bits per heavy atom. The van der Waals surface area contributed by atoms with Gasteiger partial charge >= 0.3 is 0 Å². The summed E-state index contributed by atoms with van der Waals surface area (Å²) in [4.78, 5) is 33.4. The average Bonchev–Trinajstić information content (AvgIpc) is 2.43. The summed E-state index contributed by atoms with van der Waals surface area (Å²) in [5.41, 5.74) is 5.11. The largest absolute Gasteiger partial charge is 0.368 e. The number of hydrogen-bond acceptors (Lipinski definition) is 5. The van der Waals surface area contributed by atoms with Crippen molar-refractivity contribution in [3.63, 3.8) is 0 Å². The lowest BCUT2D eigenvalue weighted by molar-refractivity contribution is -0.138. The monoisotopic (exact) mass is 217 g/mol. The maximum atomic E-state index is 11.3. The van der Waals surface area contributed by atoms with Crippen LogP contribution in [0.1, 0.15) is 6.42 Å². The van der Waals surface area contributed by atoms with Crippen molar-refractivity contribution in [3.05, 3.63) is 0 Å². The van der Waals surface area contributed by atoms with Crippen molar-refractivity contribution in [1.82, 2.24) is 5.32 Å². The molecule has 2 heterocycles. The summed E-state index contributed by atoms with van der Waals surface area (Å²) in [5.74, 6) is -1.85. The van der Waals surface area contributed by atoms with E-state index < -0.39 is 22.5 Å². The molecule has 0 aromatic carbocycles. The quantitative estimate of drug-likeness (QED) is 0.347. The second-order valence-corrected chi connectivity index (χ2v) is 5.52. The zero-order chi connectivity index (χ0) is 9.64. The summed E-state index contributed by atoms with van der Waals surface area (Å²) in [6, 6.07) is 0. The molecule has 13 heavy (non-hydrogen) atoms. The smallest absolute Gasteiger partial charge is 0.275 e. The first kappa shape index (κ1) is 8.89. The first-order chi connectivity index (χ1) is 6.06. The summed E-state index contributed by atoms with van der Waals surface area (Å²) in [7, 11) is 2.26. The number of primary amides is 1. The molecule has 2 aliphatic rings. The maximum absolute atomic E-state index is 11.3. The van der Waals surface area contributed by atoms with Crippen LogP contribution < -0.4 is 11.1 Å². The molecule has 2 atom stereocenters. The van der Waals surface area contributed by atoms with Crippen molar-refractivity contribution < 1.29 is 14.4 Å². The van der Waals surface area contributed by atoms with E-state index in [0.717, 1.165) is 10.8 Å². The third kappa shape index (κ3) is 1.07. The first-order valence-electron chi connectivity index (χ1n) is 3.51.